The van der Waals surface area contributed by atoms with Crippen LogP contribution in [0.25, 0.3) is 0 Å². The molecule has 0 aliphatic heterocycles. The number of halogens is 2. The number of esters is 1. The summed E-state index contributed by atoms with van der Waals surface area (Å²) >= 11 is 0. The van der Waals surface area contributed by atoms with Gasteiger partial charge in [0.1, 0.15) is 5.75 Å². The molecule has 20 heavy (non-hydrogen) atoms. The lowest BCUT2D eigenvalue weighted by atomic mass is 9.99. The SMILES string of the molecule is CCC(C)c1ccc(OC(=O)C(F)(F)S(=O)(=O)[O-])cc1. The predicted molar refractivity (Wildman–Crippen MR) is 65.4 cm³/mol. The lowest BCUT2D eigenvalue weighted by molar-refractivity contribution is -0.151. The highest BCUT2D eigenvalue weighted by molar-refractivity contribution is 7.87. The van der Waals surface area contributed by atoms with Crippen molar-refractivity contribution in [2.75, 3.05) is 0 Å². The number of carbonyl (C=O) groups excluding carboxylic acids is 1. The van der Waals surface area contributed by atoms with E-state index in [-0.39, 0.29) is 11.7 Å². The maximum absolute atomic E-state index is 12.9. The molecule has 0 heterocycles. The molecule has 0 N–H and O–H groups in total. The summed E-state index contributed by atoms with van der Waals surface area (Å²) < 4.78 is 60.8. The fourth-order valence-electron chi connectivity index (χ4n) is 1.37. The fourth-order valence-corrected chi connectivity index (χ4v) is 1.61. The molecule has 1 aromatic rings. The molecule has 0 radical (unpaired) electrons. The first-order valence-corrected chi connectivity index (χ1v) is 7.16. The number of hydrogen-bond acceptors (Lipinski definition) is 5. The third-order valence-electron chi connectivity index (χ3n) is 2.82. The number of hydrogen-bond donors (Lipinski definition) is 0. The molecular formula is C12H13F2O5S-. The molecule has 0 saturated carbocycles. The highest BCUT2D eigenvalue weighted by Crippen LogP contribution is 2.25. The van der Waals surface area contributed by atoms with Crippen LogP contribution in [-0.4, -0.2) is 24.2 Å². The first kappa shape index (κ1) is 16.5. The molecule has 0 saturated heterocycles. The van der Waals surface area contributed by atoms with E-state index in [1.54, 1.807) is 12.1 Å². The topological polar surface area (TPSA) is 83.5 Å². The number of alkyl halides is 2. The number of rotatable bonds is 5. The minimum Gasteiger partial charge on any atom is -0.743 e. The maximum Gasteiger partial charge on any atom is 0.429 e. The molecule has 1 unspecified atom stereocenters. The molecule has 0 aliphatic rings. The lowest BCUT2D eigenvalue weighted by Crippen LogP contribution is -2.40. The van der Waals surface area contributed by atoms with E-state index in [0.717, 1.165) is 12.0 Å². The van der Waals surface area contributed by atoms with Gasteiger partial charge in [0.05, 0.1) is 0 Å². The Bertz CT molecular complexity index is 580. The van der Waals surface area contributed by atoms with Crippen LogP contribution < -0.4 is 4.74 Å². The van der Waals surface area contributed by atoms with Crippen LogP contribution in [0.1, 0.15) is 31.7 Å². The summed E-state index contributed by atoms with van der Waals surface area (Å²) in [5.74, 6) is -2.43. The van der Waals surface area contributed by atoms with Crippen molar-refractivity contribution in [1.29, 1.82) is 0 Å². The molecule has 0 aliphatic carbocycles. The first-order chi connectivity index (χ1) is 9.09. The standard InChI is InChI=1S/C12H14F2O5S/c1-3-8(2)9-4-6-10(7-5-9)19-11(15)12(13,14)20(16,17)18/h4-8H,3H2,1-2H3,(H,16,17,18)/p-1. The van der Waals surface area contributed by atoms with Crippen molar-refractivity contribution >= 4 is 16.1 Å². The lowest BCUT2D eigenvalue weighted by Gasteiger charge is -2.18. The third-order valence-corrected chi connectivity index (χ3v) is 3.62. The van der Waals surface area contributed by atoms with Crippen LogP contribution in [0.5, 0.6) is 5.75 Å². The molecule has 0 aromatic heterocycles. The van der Waals surface area contributed by atoms with E-state index in [2.05, 4.69) is 4.74 Å². The number of benzene rings is 1. The Hall–Kier alpha value is -1.54. The van der Waals surface area contributed by atoms with Gasteiger partial charge in [0, 0.05) is 0 Å². The molecule has 5 nitrogen and oxygen atoms in total. The van der Waals surface area contributed by atoms with Gasteiger partial charge in [-0.2, -0.15) is 8.78 Å². The Morgan fingerprint density at radius 2 is 1.85 bits per heavy atom. The summed E-state index contributed by atoms with van der Waals surface area (Å²) in [5, 5.41) is -5.11. The monoisotopic (exact) mass is 307 g/mol. The second kappa shape index (κ2) is 5.84. The molecule has 0 fully saturated rings. The van der Waals surface area contributed by atoms with Crippen LogP contribution in [0.2, 0.25) is 0 Å². The van der Waals surface area contributed by atoms with Crippen LogP contribution in [0.15, 0.2) is 24.3 Å². The van der Waals surface area contributed by atoms with Crippen molar-refractivity contribution in [3.8, 4) is 5.75 Å². The van der Waals surface area contributed by atoms with E-state index in [1.165, 1.54) is 12.1 Å². The van der Waals surface area contributed by atoms with E-state index in [0.29, 0.717) is 0 Å². The van der Waals surface area contributed by atoms with Gasteiger partial charge in [-0.05, 0) is 30.0 Å². The molecule has 1 rings (SSSR count). The van der Waals surface area contributed by atoms with Crippen molar-refractivity contribution in [2.24, 2.45) is 0 Å². The van der Waals surface area contributed by atoms with Crippen LogP contribution in [-0.2, 0) is 14.9 Å². The molecule has 8 heteroatoms. The average Bonchev–Trinajstić information content (AvgIpc) is 2.37. The van der Waals surface area contributed by atoms with Crippen LogP contribution in [0.4, 0.5) is 8.78 Å². The minimum atomic E-state index is -6.11. The molecular weight excluding hydrogens is 294 g/mol. The molecule has 0 amide bonds. The molecule has 112 valence electrons. The fraction of sp³-hybridized carbons (Fsp3) is 0.417. The van der Waals surface area contributed by atoms with E-state index < -0.39 is 21.3 Å². The largest absolute Gasteiger partial charge is 0.743 e. The van der Waals surface area contributed by atoms with Crippen molar-refractivity contribution in [3.05, 3.63) is 29.8 Å². The summed E-state index contributed by atoms with van der Waals surface area (Å²) in [6.45, 7) is 3.93. The van der Waals surface area contributed by atoms with Crippen LogP contribution in [0, 0.1) is 0 Å². The number of ether oxygens (including phenoxy) is 1. The minimum absolute atomic E-state index is 0.239. The summed E-state index contributed by atoms with van der Waals surface area (Å²) in [7, 11) is -6.11. The highest BCUT2D eigenvalue weighted by atomic mass is 32.2. The normalized spacial score (nSPS) is 13.8. The summed E-state index contributed by atoms with van der Waals surface area (Å²) in [6, 6.07) is 5.65. The average molecular weight is 307 g/mol. The van der Waals surface area contributed by atoms with Gasteiger partial charge < -0.3 is 9.29 Å². The maximum atomic E-state index is 12.9. The molecule has 0 bridgehead atoms. The molecule has 1 aromatic carbocycles. The third kappa shape index (κ3) is 3.51. The van der Waals surface area contributed by atoms with Gasteiger partial charge in [0.25, 0.3) is 0 Å². The Kier molecular flexibility index (Phi) is 4.82. The smallest absolute Gasteiger partial charge is 0.429 e. The second-order valence-electron chi connectivity index (χ2n) is 4.24. The molecule has 0 spiro atoms. The van der Waals surface area contributed by atoms with Crippen molar-refractivity contribution in [1.82, 2.24) is 0 Å². The Labute approximate surface area is 115 Å². The Balaban J connectivity index is 2.87. The zero-order valence-electron chi connectivity index (χ0n) is 10.8. The summed E-state index contributed by atoms with van der Waals surface area (Å²) in [5.41, 5.74) is 0.913. The van der Waals surface area contributed by atoms with E-state index in [9.17, 15) is 26.5 Å². The van der Waals surface area contributed by atoms with Gasteiger partial charge in [0.15, 0.2) is 10.1 Å². The molecule has 1 atom stereocenters. The zero-order chi connectivity index (χ0) is 15.6. The Morgan fingerprint density at radius 1 is 1.35 bits per heavy atom. The highest BCUT2D eigenvalue weighted by Gasteiger charge is 2.48. The first-order valence-electron chi connectivity index (χ1n) is 5.75. The van der Waals surface area contributed by atoms with Gasteiger partial charge in [-0.3, -0.25) is 0 Å². The summed E-state index contributed by atoms with van der Waals surface area (Å²) in [6.07, 6.45) is 0.867. The van der Waals surface area contributed by atoms with Crippen molar-refractivity contribution in [3.63, 3.8) is 0 Å². The van der Waals surface area contributed by atoms with Gasteiger partial charge in [0.2, 0.25) is 0 Å². The second-order valence-corrected chi connectivity index (χ2v) is 5.66. The van der Waals surface area contributed by atoms with E-state index in [4.69, 9.17) is 0 Å². The van der Waals surface area contributed by atoms with E-state index >= 15 is 0 Å². The quantitative estimate of drug-likeness (QED) is 0.473. The van der Waals surface area contributed by atoms with E-state index in [1.807, 2.05) is 13.8 Å². The van der Waals surface area contributed by atoms with Gasteiger partial charge in [-0.1, -0.05) is 26.0 Å². The van der Waals surface area contributed by atoms with Crippen LogP contribution >= 0.6 is 0 Å². The van der Waals surface area contributed by atoms with Gasteiger partial charge in [-0.15, -0.1) is 0 Å². The van der Waals surface area contributed by atoms with Crippen molar-refractivity contribution < 1.29 is 31.3 Å². The zero-order valence-corrected chi connectivity index (χ0v) is 11.6. The van der Waals surface area contributed by atoms with Gasteiger partial charge in [-0.25, -0.2) is 13.2 Å². The van der Waals surface area contributed by atoms with Crippen molar-refractivity contribution in [2.45, 2.75) is 31.4 Å². The summed E-state index contributed by atoms with van der Waals surface area (Å²) in [4.78, 5) is 11.0. The number of carbonyl (C=O) groups is 1. The predicted octanol–water partition coefficient (Wildman–Crippen LogP) is 2.24. The Morgan fingerprint density at radius 3 is 2.25 bits per heavy atom. The van der Waals surface area contributed by atoms with Crippen LogP contribution in [0.3, 0.4) is 0 Å². The van der Waals surface area contributed by atoms with Gasteiger partial charge >= 0.3 is 11.2 Å².